The Bertz CT molecular complexity index is 271. The molecule has 0 bridgehead atoms. The fraction of sp³-hybridized carbons (Fsp3) is 0.333. The summed E-state index contributed by atoms with van der Waals surface area (Å²) in [4.78, 5) is 21.4. The zero-order valence-electron chi connectivity index (χ0n) is 6.47. The molecule has 64 valence electrons. The van der Waals surface area contributed by atoms with Gasteiger partial charge in [-0.05, 0) is 6.26 Å². The zero-order valence-corrected chi connectivity index (χ0v) is 7.28. The number of nitrogens with zero attached hydrogens (tertiary/aromatic N) is 3. The number of hydrogen-bond donors (Lipinski definition) is 1. The molecule has 1 heterocycles. The predicted octanol–water partition coefficient (Wildman–Crippen LogP) is -0.328. The third-order valence-corrected chi connectivity index (χ3v) is 2.10. The molecule has 1 rings (SSSR count). The summed E-state index contributed by atoms with van der Waals surface area (Å²) in [6.07, 6.45) is 3.68. The second-order valence-corrected chi connectivity index (χ2v) is 2.90. The standard InChI is InChI=1S/C6H8N4OS/c1-12-6-4(10-3-11)5(7)8-2-9-6/h2-3,6H,1H3,(H2,7,8,9). The second-order valence-electron chi connectivity index (χ2n) is 1.99. The van der Waals surface area contributed by atoms with Crippen LogP contribution in [-0.2, 0) is 4.79 Å². The van der Waals surface area contributed by atoms with Gasteiger partial charge in [-0.15, -0.1) is 11.8 Å². The highest BCUT2D eigenvalue weighted by molar-refractivity contribution is 8.00. The van der Waals surface area contributed by atoms with Crippen molar-refractivity contribution in [3.63, 3.8) is 0 Å². The Morgan fingerprint density at radius 1 is 1.83 bits per heavy atom. The molecule has 1 amide bonds. The third kappa shape index (κ3) is 1.70. The maximum Gasteiger partial charge on any atom is 0.233 e. The van der Waals surface area contributed by atoms with Gasteiger partial charge in [0.2, 0.25) is 6.41 Å². The van der Waals surface area contributed by atoms with Gasteiger partial charge >= 0.3 is 0 Å². The summed E-state index contributed by atoms with van der Waals surface area (Å²) < 4.78 is 0. The van der Waals surface area contributed by atoms with Crippen LogP contribution in [0.2, 0.25) is 0 Å². The summed E-state index contributed by atoms with van der Waals surface area (Å²) in [6, 6.07) is 0. The van der Waals surface area contributed by atoms with E-state index in [-0.39, 0.29) is 11.2 Å². The van der Waals surface area contributed by atoms with Gasteiger partial charge in [-0.3, -0.25) is 9.79 Å². The summed E-state index contributed by atoms with van der Waals surface area (Å²) in [5.41, 5.74) is 5.92. The average molecular weight is 184 g/mol. The highest BCUT2D eigenvalue weighted by Crippen LogP contribution is 2.12. The minimum atomic E-state index is -0.201. The van der Waals surface area contributed by atoms with Crippen molar-refractivity contribution >= 4 is 36.1 Å². The quantitative estimate of drug-likeness (QED) is 0.597. The minimum absolute atomic E-state index is 0.201. The van der Waals surface area contributed by atoms with Crippen molar-refractivity contribution in [2.75, 3.05) is 6.26 Å². The first-order valence-electron chi connectivity index (χ1n) is 3.19. The van der Waals surface area contributed by atoms with E-state index in [4.69, 9.17) is 5.73 Å². The lowest BCUT2D eigenvalue weighted by molar-refractivity contribution is -0.106. The van der Waals surface area contributed by atoms with Crippen LogP contribution in [0.25, 0.3) is 0 Å². The molecule has 2 N–H and O–H groups in total. The molecule has 0 spiro atoms. The van der Waals surface area contributed by atoms with Crippen LogP contribution in [0.15, 0.2) is 15.0 Å². The number of amidine groups is 1. The number of carbonyl (C=O) groups is 1. The number of aliphatic imine (C=N–C) groups is 3. The summed E-state index contributed by atoms with van der Waals surface area (Å²) in [5, 5.41) is -0.201. The fourth-order valence-electron chi connectivity index (χ4n) is 0.778. The lowest BCUT2D eigenvalue weighted by atomic mass is 10.3. The van der Waals surface area contributed by atoms with E-state index >= 15 is 0 Å². The van der Waals surface area contributed by atoms with Gasteiger partial charge in [-0.1, -0.05) is 0 Å². The van der Waals surface area contributed by atoms with Crippen molar-refractivity contribution < 1.29 is 4.79 Å². The molecule has 0 aromatic carbocycles. The molecule has 0 saturated carbocycles. The van der Waals surface area contributed by atoms with Crippen LogP contribution in [0.1, 0.15) is 0 Å². The summed E-state index contributed by atoms with van der Waals surface area (Å²) in [5.74, 6) is 0.261. The van der Waals surface area contributed by atoms with E-state index in [1.165, 1.54) is 18.1 Å². The average Bonchev–Trinajstić information content (AvgIpc) is 2.09. The van der Waals surface area contributed by atoms with Crippen LogP contribution in [0, 0.1) is 0 Å². The summed E-state index contributed by atoms with van der Waals surface area (Å²) in [7, 11) is 0. The van der Waals surface area contributed by atoms with Crippen molar-refractivity contribution in [1.82, 2.24) is 0 Å². The van der Waals surface area contributed by atoms with E-state index in [2.05, 4.69) is 15.0 Å². The van der Waals surface area contributed by atoms with E-state index in [0.29, 0.717) is 12.1 Å². The first-order valence-corrected chi connectivity index (χ1v) is 4.47. The normalized spacial score (nSPS) is 25.6. The molecular formula is C6H8N4OS. The van der Waals surface area contributed by atoms with Crippen molar-refractivity contribution in [1.29, 1.82) is 0 Å². The first-order chi connectivity index (χ1) is 5.79. The Morgan fingerprint density at radius 3 is 3.17 bits per heavy atom. The molecule has 0 radical (unpaired) electrons. The Labute approximate surface area is 73.9 Å². The maximum atomic E-state index is 10.1. The number of rotatable bonds is 2. The van der Waals surface area contributed by atoms with Gasteiger partial charge in [0.05, 0.1) is 0 Å². The molecule has 1 atom stereocenters. The molecule has 0 aliphatic carbocycles. The van der Waals surface area contributed by atoms with Gasteiger partial charge in [0.15, 0.2) is 0 Å². The lowest BCUT2D eigenvalue weighted by Gasteiger charge is -2.13. The van der Waals surface area contributed by atoms with E-state index in [1.54, 1.807) is 0 Å². The molecule has 1 aliphatic heterocycles. The van der Waals surface area contributed by atoms with Crippen molar-refractivity contribution in [3.05, 3.63) is 0 Å². The molecule has 0 fully saturated rings. The summed E-state index contributed by atoms with van der Waals surface area (Å²) in [6.45, 7) is 0. The van der Waals surface area contributed by atoms with Crippen LogP contribution in [-0.4, -0.2) is 35.9 Å². The van der Waals surface area contributed by atoms with Gasteiger partial charge < -0.3 is 5.73 Å². The van der Waals surface area contributed by atoms with Gasteiger partial charge in [0.1, 0.15) is 23.3 Å². The lowest BCUT2D eigenvalue weighted by Crippen LogP contribution is -2.34. The molecule has 12 heavy (non-hydrogen) atoms. The van der Waals surface area contributed by atoms with Gasteiger partial charge in [0, 0.05) is 0 Å². The van der Waals surface area contributed by atoms with Crippen LogP contribution in [0.5, 0.6) is 0 Å². The van der Waals surface area contributed by atoms with E-state index in [1.807, 2.05) is 6.26 Å². The number of thioether (sulfide) groups is 1. The minimum Gasteiger partial charge on any atom is -0.382 e. The predicted molar refractivity (Wildman–Crippen MR) is 50.9 cm³/mol. The van der Waals surface area contributed by atoms with Crippen molar-refractivity contribution in [2.45, 2.75) is 5.37 Å². The van der Waals surface area contributed by atoms with E-state index in [9.17, 15) is 4.79 Å². The second kappa shape index (κ2) is 4.01. The fourth-order valence-corrected chi connectivity index (χ4v) is 1.36. The maximum absolute atomic E-state index is 10.1. The monoisotopic (exact) mass is 184 g/mol. The van der Waals surface area contributed by atoms with Crippen LogP contribution in [0.3, 0.4) is 0 Å². The number of carbonyl (C=O) groups excluding carboxylic acids is 1. The number of hydrogen-bond acceptors (Lipinski definition) is 5. The van der Waals surface area contributed by atoms with Crippen LogP contribution >= 0.6 is 11.8 Å². The highest BCUT2D eigenvalue weighted by Gasteiger charge is 2.19. The van der Waals surface area contributed by atoms with E-state index < -0.39 is 0 Å². The molecule has 0 saturated heterocycles. The first kappa shape index (κ1) is 8.92. The SMILES string of the molecule is CSC1N=CN=C(N)C1=NC=O. The Kier molecular flexibility index (Phi) is 2.98. The zero-order chi connectivity index (χ0) is 8.97. The van der Waals surface area contributed by atoms with Crippen LogP contribution in [0.4, 0.5) is 0 Å². The molecule has 5 nitrogen and oxygen atoms in total. The third-order valence-electron chi connectivity index (χ3n) is 1.31. The molecular weight excluding hydrogens is 176 g/mol. The number of nitrogens with two attached hydrogens (primary N) is 1. The summed E-state index contributed by atoms with van der Waals surface area (Å²) >= 11 is 1.45. The highest BCUT2D eigenvalue weighted by atomic mass is 32.2. The molecule has 1 aliphatic rings. The van der Waals surface area contributed by atoms with Gasteiger partial charge in [-0.2, -0.15) is 0 Å². The van der Waals surface area contributed by atoms with Crippen LogP contribution < -0.4 is 5.73 Å². The smallest absolute Gasteiger partial charge is 0.233 e. The molecule has 0 aromatic rings. The molecule has 6 heteroatoms. The Balaban J connectivity index is 2.93. The topological polar surface area (TPSA) is 80.2 Å². The largest absolute Gasteiger partial charge is 0.382 e. The molecule has 1 unspecified atom stereocenters. The Morgan fingerprint density at radius 2 is 2.58 bits per heavy atom. The van der Waals surface area contributed by atoms with E-state index in [0.717, 1.165) is 0 Å². The van der Waals surface area contributed by atoms with Crippen molar-refractivity contribution in [2.24, 2.45) is 20.7 Å². The van der Waals surface area contributed by atoms with Gasteiger partial charge in [-0.25, -0.2) is 9.98 Å². The van der Waals surface area contributed by atoms with Gasteiger partial charge in [0.25, 0.3) is 0 Å². The number of amides is 1. The van der Waals surface area contributed by atoms with Crippen molar-refractivity contribution in [3.8, 4) is 0 Å². The molecule has 0 aromatic heterocycles. The Hall–Kier alpha value is -1.17.